The van der Waals surface area contributed by atoms with Crippen molar-refractivity contribution >= 4 is 22.6 Å². The first-order chi connectivity index (χ1) is 9.84. The predicted octanol–water partition coefficient (Wildman–Crippen LogP) is 4.76. The molecule has 1 nitrogen and oxygen atoms in total. The predicted molar refractivity (Wildman–Crippen MR) is 81.5 cm³/mol. The highest BCUT2D eigenvalue weighted by molar-refractivity contribution is 14.1. The smallest absolute Gasteiger partial charge is 0.309 e. The van der Waals surface area contributed by atoms with Crippen molar-refractivity contribution in [3.05, 3.63) is 68.5 Å². The Hall–Kier alpha value is -1.15. The van der Waals surface area contributed by atoms with Crippen molar-refractivity contribution < 1.29 is 17.6 Å². The van der Waals surface area contributed by atoms with Crippen molar-refractivity contribution in [1.82, 2.24) is 5.32 Å². The van der Waals surface area contributed by atoms with E-state index >= 15 is 0 Å². The lowest BCUT2D eigenvalue weighted by molar-refractivity contribution is -0.138. The van der Waals surface area contributed by atoms with Gasteiger partial charge < -0.3 is 5.32 Å². The highest BCUT2D eigenvalue weighted by Crippen LogP contribution is 2.37. The number of hydrogen-bond acceptors (Lipinski definition) is 1. The van der Waals surface area contributed by atoms with Gasteiger partial charge in [-0.1, -0.05) is 24.3 Å². The summed E-state index contributed by atoms with van der Waals surface area (Å²) in [5, 5.41) is 2.88. The molecule has 0 aliphatic heterocycles. The summed E-state index contributed by atoms with van der Waals surface area (Å²) in [6, 6.07) is 8.80. The molecule has 0 fully saturated rings. The van der Waals surface area contributed by atoms with Gasteiger partial charge in [-0.15, -0.1) is 0 Å². The number of hydrogen-bond donors (Lipinski definition) is 1. The lowest BCUT2D eigenvalue weighted by atomic mass is 9.94. The van der Waals surface area contributed by atoms with E-state index in [1.54, 1.807) is 13.1 Å². The molecule has 1 unspecified atom stereocenters. The second-order valence-electron chi connectivity index (χ2n) is 4.47. The van der Waals surface area contributed by atoms with E-state index in [1.807, 2.05) is 22.6 Å². The van der Waals surface area contributed by atoms with Crippen molar-refractivity contribution in [2.24, 2.45) is 0 Å². The molecule has 0 bridgehead atoms. The average Bonchev–Trinajstić information content (AvgIpc) is 2.41. The van der Waals surface area contributed by atoms with E-state index < -0.39 is 23.6 Å². The molecule has 0 saturated carbocycles. The second-order valence-corrected chi connectivity index (χ2v) is 5.63. The quantitative estimate of drug-likeness (QED) is 0.570. The van der Waals surface area contributed by atoms with Crippen LogP contribution in [-0.2, 0) is 6.18 Å². The van der Waals surface area contributed by atoms with Gasteiger partial charge in [0.25, 0.3) is 0 Å². The molecule has 0 saturated heterocycles. The molecular weight excluding hydrogens is 397 g/mol. The normalized spacial score (nSPS) is 13.2. The van der Waals surface area contributed by atoms with Crippen LogP contribution in [-0.4, -0.2) is 7.05 Å². The van der Waals surface area contributed by atoms with Crippen LogP contribution in [0.5, 0.6) is 0 Å². The summed E-state index contributed by atoms with van der Waals surface area (Å²) in [5.41, 5.74) is 0.0395. The Morgan fingerprint density at radius 2 is 1.71 bits per heavy atom. The number of benzene rings is 2. The molecule has 0 aliphatic rings. The molecule has 112 valence electrons. The zero-order valence-electron chi connectivity index (χ0n) is 11.0. The third-order valence-corrected chi connectivity index (χ3v) is 4.07. The highest BCUT2D eigenvalue weighted by Gasteiger charge is 2.35. The Labute approximate surface area is 133 Å². The molecule has 0 heterocycles. The molecule has 0 aromatic heterocycles. The maximum atomic E-state index is 13.2. The van der Waals surface area contributed by atoms with Crippen molar-refractivity contribution in [3.8, 4) is 0 Å². The first-order valence-corrected chi connectivity index (χ1v) is 7.21. The van der Waals surface area contributed by atoms with E-state index in [4.69, 9.17) is 0 Å². The minimum absolute atomic E-state index is 0.122. The first-order valence-electron chi connectivity index (χ1n) is 6.13. The third kappa shape index (κ3) is 3.55. The summed E-state index contributed by atoms with van der Waals surface area (Å²) in [6.45, 7) is 0. The summed E-state index contributed by atoms with van der Waals surface area (Å²) in [4.78, 5) is 0. The van der Waals surface area contributed by atoms with E-state index in [0.29, 0.717) is 9.13 Å². The molecule has 1 N–H and O–H groups in total. The third-order valence-electron chi connectivity index (χ3n) is 3.14. The number of halogens is 5. The summed E-state index contributed by atoms with van der Waals surface area (Å²) >= 11 is 1.92. The maximum absolute atomic E-state index is 13.2. The molecule has 0 radical (unpaired) electrons. The molecular formula is C15H12F4IN. The second kappa shape index (κ2) is 6.31. The summed E-state index contributed by atoms with van der Waals surface area (Å²) < 4.78 is 53.2. The van der Waals surface area contributed by atoms with Crippen molar-refractivity contribution in [1.29, 1.82) is 0 Å². The zero-order valence-corrected chi connectivity index (χ0v) is 13.2. The molecule has 2 rings (SSSR count). The Morgan fingerprint density at radius 1 is 1.05 bits per heavy atom. The Kier molecular flexibility index (Phi) is 4.88. The molecule has 0 amide bonds. The van der Waals surface area contributed by atoms with Crippen LogP contribution in [0.25, 0.3) is 0 Å². The minimum Gasteiger partial charge on any atom is -0.309 e. The summed E-state index contributed by atoms with van der Waals surface area (Å²) in [6.07, 6.45) is -4.43. The van der Waals surface area contributed by atoms with Crippen molar-refractivity contribution in [2.75, 3.05) is 7.05 Å². The van der Waals surface area contributed by atoms with E-state index in [9.17, 15) is 17.6 Å². The minimum atomic E-state index is -4.43. The number of rotatable bonds is 3. The lowest BCUT2D eigenvalue weighted by Gasteiger charge is -2.22. The van der Waals surface area contributed by atoms with Crippen molar-refractivity contribution in [2.45, 2.75) is 12.2 Å². The molecule has 2 aromatic carbocycles. The zero-order chi connectivity index (χ0) is 15.6. The molecule has 0 spiro atoms. The monoisotopic (exact) mass is 409 g/mol. The van der Waals surface area contributed by atoms with Gasteiger partial charge in [0.05, 0.1) is 11.6 Å². The lowest BCUT2D eigenvalue weighted by Crippen LogP contribution is -2.22. The van der Waals surface area contributed by atoms with Gasteiger partial charge in [-0.3, -0.25) is 0 Å². The van der Waals surface area contributed by atoms with Gasteiger partial charge >= 0.3 is 6.18 Å². The SMILES string of the molecule is CNC(c1ccc(F)cc1I)c1ccccc1C(F)(F)F. The Bertz CT molecular complexity index is 640. The molecule has 0 aliphatic carbocycles. The van der Waals surface area contributed by atoms with Crippen LogP contribution in [0, 0.1) is 9.39 Å². The van der Waals surface area contributed by atoms with Gasteiger partial charge in [0.15, 0.2) is 0 Å². The highest BCUT2D eigenvalue weighted by atomic mass is 127. The van der Waals surface area contributed by atoms with E-state index in [-0.39, 0.29) is 5.56 Å². The van der Waals surface area contributed by atoms with E-state index in [0.717, 1.165) is 6.07 Å². The van der Waals surface area contributed by atoms with E-state index in [2.05, 4.69) is 5.32 Å². The van der Waals surface area contributed by atoms with Crippen LogP contribution in [0.4, 0.5) is 17.6 Å². The van der Waals surface area contributed by atoms with E-state index in [1.165, 1.54) is 30.3 Å². The number of alkyl halides is 3. The van der Waals surface area contributed by atoms with Gasteiger partial charge in [0.2, 0.25) is 0 Å². The fourth-order valence-corrected chi connectivity index (χ4v) is 3.01. The summed E-state index contributed by atoms with van der Waals surface area (Å²) in [7, 11) is 1.58. The van der Waals surface area contributed by atoms with Gasteiger partial charge in [0, 0.05) is 3.57 Å². The molecule has 2 aromatic rings. The van der Waals surface area contributed by atoms with Crippen LogP contribution in [0.3, 0.4) is 0 Å². The maximum Gasteiger partial charge on any atom is 0.416 e. The van der Waals surface area contributed by atoms with Gasteiger partial charge in [-0.25, -0.2) is 4.39 Å². The van der Waals surface area contributed by atoms with Crippen molar-refractivity contribution in [3.63, 3.8) is 0 Å². The van der Waals surface area contributed by atoms with Gasteiger partial charge in [-0.05, 0) is 59.0 Å². The van der Waals surface area contributed by atoms with Gasteiger partial charge in [0.1, 0.15) is 5.82 Å². The largest absolute Gasteiger partial charge is 0.416 e. The molecule has 21 heavy (non-hydrogen) atoms. The van der Waals surface area contributed by atoms with Crippen LogP contribution < -0.4 is 5.32 Å². The summed E-state index contributed by atoms with van der Waals surface area (Å²) in [5.74, 6) is -0.415. The average molecular weight is 409 g/mol. The Balaban J connectivity index is 2.57. The van der Waals surface area contributed by atoms with Gasteiger partial charge in [-0.2, -0.15) is 13.2 Å². The molecule has 6 heteroatoms. The van der Waals surface area contributed by atoms with Crippen LogP contribution >= 0.6 is 22.6 Å². The number of nitrogens with one attached hydrogen (secondary N) is 1. The fourth-order valence-electron chi connectivity index (χ4n) is 2.22. The van der Waals surface area contributed by atoms with Crippen LogP contribution in [0.15, 0.2) is 42.5 Å². The van der Waals surface area contributed by atoms with Crippen LogP contribution in [0.2, 0.25) is 0 Å². The molecule has 1 atom stereocenters. The van der Waals surface area contributed by atoms with Crippen LogP contribution in [0.1, 0.15) is 22.7 Å². The standard InChI is InChI=1S/C15H12F4IN/c1-21-14(11-7-6-9(16)8-13(11)20)10-4-2-3-5-12(10)15(17,18)19/h2-8,14,21H,1H3. The first kappa shape index (κ1) is 16.2. The fraction of sp³-hybridized carbons (Fsp3) is 0.200. The topological polar surface area (TPSA) is 12.0 Å². The Morgan fingerprint density at radius 3 is 2.29 bits per heavy atom.